The minimum atomic E-state index is 0.212. The quantitative estimate of drug-likeness (QED) is 0.849. The average Bonchev–Trinajstić information content (AvgIpc) is 2.61. The topological polar surface area (TPSA) is 29.1 Å². The normalized spacial score (nSPS) is 29.2. The predicted molar refractivity (Wildman–Crippen MR) is 72.5 cm³/mol. The number of rotatable bonds is 2. The van der Waals surface area contributed by atoms with Crippen LogP contribution in [0.3, 0.4) is 0 Å². The van der Waals surface area contributed by atoms with E-state index in [1.807, 2.05) is 13.8 Å². The van der Waals surface area contributed by atoms with Crippen molar-refractivity contribution in [1.82, 2.24) is 5.32 Å². The Morgan fingerprint density at radius 1 is 1.11 bits per heavy atom. The third-order valence-corrected chi connectivity index (χ3v) is 4.38. The first-order valence-electron chi connectivity index (χ1n) is 7.04. The lowest BCUT2D eigenvalue weighted by Crippen LogP contribution is -2.37. The third kappa shape index (κ3) is 1.94. The molecule has 1 amide bonds. The summed E-state index contributed by atoms with van der Waals surface area (Å²) in [5.41, 5.74) is 3.00. The Morgan fingerprint density at radius 3 is 2.17 bits per heavy atom. The van der Waals surface area contributed by atoms with E-state index in [0.717, 1.165) is 12.8 Å². The summed E-state index contributed by atoms with van der Waals surface area (Å²) in [6.07, 6.45) is 3.32. The summed E-state index contributed by atoms with van der Waals surface area (Å²) in [5.74, 6) is 1.70. The molecule has 0 radical (unpaired) electrons. The van der Waals surface area contributed by atoms with Gasteiger partial charge in [-0.25, -0.2) is 0 Å². The molecule has 0 aromatic heterocycles. The standard InChI is InChI=1S/C16H21NO/c1-10(2)17-16(18)13-8-11-7-12(9-13)15-6-4-3-5-14(11)15/h3-6,10-13H,7-9H2,1-2H3,(H,17,18). The first-order chi connectivity index (χ1) is 8.65. The van der Waals surface area contributed by atoms with E-state index < -0.39 is 0 Å². The van der Waals surface area contributed by atoms with Gasteiger partial charge in [0.25, 0.3) is 0 Å². The van der Waals surface area contributed by atoms with Crippen LogP contribution in [0.4, 0.5) is 0 Å². The van der Waals surface area contributed by atoms with E-state index in [0.29, 0.717) is 11.8 Å². The zero-order valence-electron chi connectivity index (χ0n) is 11.1. The highest BCUT2D eigenvalue weighted by molar-refractivity contribution is 5.79. The number of carbonyl (C=O) groups is 1. The second-order valence-corrected chi connectivity index (χ2v) is 6.09. The number of amides is 1. The van der Waals surface area contributed by atoms with E-state index in [1.165, 1.54) is 17.5 Å². The molecule has 2 atom stereocenters. The molecule has 3 rings (SSSR count). The minimum absolute atomic E-state index is 0.212. The van der Waals surface area contributed by atoms with Crippen LogP contribution in [0.1, 0.15) is 56.1 Å². The Bertz CT molecular complexity index is 435. The van der Waals surface area contributed by atoms with Gasteiger partial charge in [-0.05, 0) is 56.1 Å². The molecule has 2 aliphatic rings. The molecule has 0 saturated heterocycles. The molecule has 2 nitrogen and oxygen atoms in total. The van der Waals surface area contributed by atoms with Crippen LogP contribution >= 0.6 is 0 Å². The summed E-state index contributed by atoms with van der Waals surface area (Å²) in [5, 5.41) is 3.07. The van der Waals surface area contributed by atoms with E-state index in [1.54, 1.807) is 0 Å². The van der Waals surface area contributed by atoms with Gasteiger partial charge in [0.15, 0.2) is 0 Å². The summed E-state index contributed by atoms with van der Waals surface area (Å²) < 4.78 is 0. The molecule has 0 spiro atoms. The number of hydrogen-bond donors (Lipinski definition) is 1. The third-order valence-electron chi connectivity index (χ3n) is 4.38. The lowest BCUT2D eigenvalue weighted by Gasteiger charge is -2.27. The smallest absolute Gasteiger partial charge is 0.223 e. The Balaban J connectivity index is 1.78. The Kier molecular flexibility index (Phi) is 2.89. The van der Waals surface area contributed by atoms with Crippen molar-refractivity contribution in [2.75, 3.05) is 0 Å². The maximum Gasteiger partial charge on any atom is 0.223 e. The number of benzene rings is 1. The van der Waals surface area contributed by atoms with Gasteiger partial charge in [0.1, 0.15) is 0 Å². The second-order valence-electron chi connectivity index (χ2n) is 6.09. The second kappa shape index (κ2) is 4.42. The van der Waals surface area contributed by atoms with Gasteiger partial charge >= 0.3 is 0 Å². The molecule has 0 heterocycles. The fraction of sp³-hybridized carbons (Fsp3) is 0.562. The van der Waals surface area contributed by atoms with Crippen LogP contribution in [0, 0.1) is 5.92 Å². The molecule has 0 aliphatic heterocycles. The summed E-state index contributed by atoms with van der Waals surface area (Å²) in [7, 11) is 0. The van der Waals surface area contributed by atoms with Crippen LogP contribution in [-0.4, -0.2) is 11.9 Å². The Labute approximate surface area is 109 Å². The van der Waals surface area contributed by atoms with E-state index in [4.69, 9.17) is 0 Å². The van der Waals surface area contributed by atoms with E-state index in [9.17, 15) is 4.79 Å². The van der Waals surface area contributed by atoms with Crippen molar-refractivity contribution in [3.8, 4) is 0 Å². The van der Waals surface area contributed by atoms with Crippen molar-refractivity contribution in [1.29, 1.82) is 0 Å². The zero-order valence-corrected chi connectivity index (χ0v) is 11.1. The van der Waals surface area contributed by atoms with E-state index >= 15 is 0 Å². The molecule has 1 N–H and O–H groups in total. The summed E-state index contributed by atoms with van der Waals surface area (Å²) >= 11 is 0. The van der Waals surface area contributed by atoms with Crippen molar-refractivity contribution in [2.45, 2.75) is 51.0 Å². The zero-order chi connectivity index (χ0) is 12.7. The molecule has 1 saturated carbocycles. The molecular formula is C16H21NO. The molecule has 1 aromatic rings. The predicted octanol–water partition coefficient (Wildman–Crippen LogP) is 3.19. The van der Waals surface area contributed by atoms with Crippen molar-refractivity contribution in [3.63, 3.8) is 0 Å². The first-order valence-corrected chi connectivity index (χ1v) is 7.04. The SMILES string of the molecule is CC(C)NC(=O)C1CC2CC(C1)c1ccccc12. The fourth-order valence-electron chi connectivity index (χ4n) is 3.70. The molecule has 2 bridgehead atoms. The van der Waals surface area contributed by atoms with Gasteiger partial charge in [-0.1, -0.05) is 24.3 Å². The van der Waals surface area contributed by atoms with Gasteiger partial charge < -0.3 is 5.32 Å². The first kappa shape index (κ1) is 11.8. The van der Waals surface area contributed by atoms with Gasteiger partial charge in [-0.15, -0.1) is 0 Å². The van der Waals surface area contributed by atoms with E-state index in [-0.39, 0.29) is 17.9 Å². The summed E-state index contributed by atoms with van der Waals surface area (Å²) in [6.45, 7) is 4.06. The highest BCUT2D eigenvalue weighted by Crippen LogP contribution is 2.52. The average molecular weight is 243 g/mol. The molecule has 2 heteroatoms. The van der Waals surface area contributed by atoms with Crippen LogP contribution in [-0.2, 0) is 4.79 Å². The molecule has 18 heavy (non-hydrogen) atoms. The molecule has 2 unspecified atom stereocenters. The van der Waals surface area contributed by atoms with E-state index in [2.05, 4.69) is 29.6 Å². The molecule has 1 fully saturated rings. The van der Waals surface area contributed by atoms with Crippen LogP contribution in [0.15, 0.2) is 24.3 Å². The fourth-order valence-corrected chi connectivity index (χ4v) is 3.70. The highest BCUT2D eigenvalue weighted by atomic mass is 16.1. The lowest BCUT2D eigenvalue weighted by atomic mass is 9.79. The summed E-state index contributed by atoms with van der Waals surface area (Å²) in [4.78, 5) is 12.2. The molecule has 2 aliphatic carbocycles. The van der Waals surface area contributed by atoms with Crippen LogP contribution in [0.25, 0.3) is 0 Å². The Morgan fingerprint density at radius 2 is 1.67 bits per heavy atom. The number of carbonyl (C=O) groups excluding carboxylic acids is 1. The Hall–Kier alpha value is -1.31. The number of hydrogen-bond acceptors (Lipinski definition) is 1. The van der Waals surface area contributed by atoms with Crippen molar-refractivity contribution < 1.29 is 4.79 Å². The van der Waals surface area contributed by atoms with Gasteiger partial charge in [-0.3, -0.25) is 4.79 Å². The van der Waals surface area contributed by atoms with Crippen LogP contribution in [0.2, 0.25) is 0 Å². The van der Waals surface area contributed by atoms with Gasteiger partial charge in [0.2, 0.25) is 5.91 Å². The lowest BCUT2D eigenvalue weighted by molar-refractivity contribution is -0.126. The highest BCUT2D eigenvalue weighted by Gasteiger charge is 2.40. The van der Waals surface area contributed by atoms with Crippen molar-refractivity contribution >= 4 is 5.91 Å². The minimum Gasteiger partial charge on any atom is -0.354 e. The molecular weight excluding hydrogens is 222 g/mol. The maximum absolute atomic E-state index is 12.2. The van der Waals surface area contributed by atoms with Gasteiger partial charge in [0, 0.05) is 12.0 Å². The molecule has 1 aromatic carbocycles. The van der Waals surface area contributed by atoms with Crippen LogP contribution < -0.4 is 5.32 Å². The van der Waals surface area contributed by atoms with Gasteiger partial charge in [0.05, 0.1) is 0 Å². The summed E-state index contributed by atoms with van der Waals surface area (Å²) in [6, 6.07) is 9.01. The van der Waals surface area contributed by atoms with Crippen molar-refractivity contribution in [2.24, 2.45) is 5.92 Å². The van der Waals surface area contributed by atoms with Gasteiger partial charge in [-0.2, -0.15) is 0 Å². The van der Waals surface area contributed by atoms with Crippen molar-refractivity contribution in [3.05, 3.63) is 35.4 Å². The maximum atomic E-state index is 12.2. The monoisotopic (exact) mass is 243 g/mol. The van der Waals surface area contributed by atoms with Crippen LogP contribution in [0.5, 0.6) is 0 Å². The largest absolute Gasteiger partial charge is 0.354 e. The number of fused-ring (bicyclic) bond motifs is 5. The molecule has 96 valence electrons. The number of nitrogens with one attached hydrogen (secondary N) is 1.